The summed E-state index contributed by atoms with van der Waals surface area (Å²) < 4.78 is 1.52. The van der Waals surface area contributed by atoms with Crippen molar-refractivity contribution in [2.24, 2.45) is 0 Å². The average Bonchev–Trinajstić information content (AvgIpc) is 3.18. The number of fused-ring (bicyclic) bond motifs is 3. The number of nitrogens with zero attached hydrogens (tertiary/aromatic N) is 7. The van der Waals surface area contributed by atoms with E-state index in [4.69, 9.17) is 11.6 Å². The van der Waals surface area contributed by atoms with Crippen LogP contribution in [-0.2, 0) is 0 Å². The molecule has 0 amide bonds. The van der Waals surface area contributed by atoms with Crippen LogP contribution < -0.4 is 9.80 Å². The molecule has 1 saturated heterocycles. The van der Waals surface area contributed by atoms with Gasteiger partial charge in [0.1, 0.15) is 0 Å². The third-order valence-corrected chi connectivity index (χ3v) is 5.38. The summed E-state index contributed by atoms with van der Waals surface area (Å²) in [6.07, 6.45) is 0. The van der Waals surface area contributed by atoms with Gasteiger partial charge in [-0.3, -0.25) is 0 Å². The van der Waals surface area contributed by atoms with Crippen LogP contribution in [0.25, 0.3) is 16.4 Å². The van der Waals surface area contributed by atoms with E-state index in [0.717, 1.165) is 47.8 Å². The van der Waals surface area contributed by atoms with Crippen LogP contribution in [0.15, 0.2) is 42.5 Å². The molecule has 0 unspecified atom stereocenters. The van der Waals surface area contributed by atoms with E-state index in [-0.39, 0.29) is 0 Å². The van der Waals surface area contributed by atoms with Crippen molar-refractivity contribution >= 4 is 39.5 Å². The number of hydrogen-bond donors (Lipinski definition) is 0. The van der Waals surface area contributed by atoms with Gasteiger partial charge in [-0.2, -0.15) is 0 Å². The Labute approximate surface area is 161 Å². The van der Waals surface area contributed by atoms with Gasteiger partial charge in [0.25, 0.3) is 0 Å². The van der Waals surface area contributed by atoms with Crippen molar-refractivity contribution in [2.45, 2.75) is 6.92 Å². The van der Waals surface area contributed by atoms with E-state index in [2.05, 4.69) is 49.5 Å². The number of aryl methyl sites for hydroxylation is 1. The second-order valence-electron chi connectivity index (χ2n) is 6.77. The van der Waals surface area contributed by atoms with Gasteiger partial charge in [0.2, 0.25) is 5.65 Å². The fourth-order valence-electron chi connectivity index (χ4n) is 3.74. The molecule has 0 N–H and O–H groups in total. The third-order valence-electron chi connectivity index (χ3n) is 5.14. The minimum atomic E-state index is 0.683. The van der Waals surface area contributed by atoms with Crippen LogP contribution >= 0.6 is 11.6 Å². The predicted octanol–water partition coefficient (Wildman–Crippen LogP) is 2.96. The first-order chi connectivity index (χ1) is 13.2. The molecule has 2 aromatic heterocycles. The van der Waals surface area contributed by atoms with Crippen molar-refractivity contribution in [1.82, 2.24) is 25.3 Å². The zero-order chi connectivity index (χ0) is 18.4. The molecule has 0 atom stereocenters. The second kappa shape index (κ2) is 6.35. The molecular weight excluding hydrogens is 362 g/mol. The molecule has 4 aromatic rings. The Kier molecular flexibility index (Phi) is 3.82. The molecule has 0 radical (unpaired) electrons. The summed E-state index contributed by atoms with van der Waals surface area (Å²) in [6.45, 7) is 5.68. The van der Waals surface area contributed by atoms with Gasteiger partial charge in [-0.25, -0.2) is 0 Å². The Morgan fingerprint density at radius 1 is 0.926 bits per heavy atom. The first-order valence-electron chi connectivity index (χ1n) is 8.94. The summed E-state index contributed by atoms with van der Waals surface area (Å²) in [4.78, 5) is 4.69. The molecule has 0 spiro atoms. The quantitative estimate of drug-likeness (QED) is 0.533. The summed E-state index contributed by atoms with van der Waals surface area (Å²) in [5.74, 6) is 0.924. The van der Waals surface area contributed by atoms with Crippen LogP contribution in [0.1, 0.15) is 5.56 Å². The van der Waals surface area contributed by atoms with E-state index < -0.39 is 0 Å². The average molecular weight is 380 g/mol. The van der Waals surface area contributed by atoms with Gasteiger partial charge in [0, 0.05) is 47.7 Å². The number of halogens is 1. The maximum atomic E-state index is 6.20. The fourth-order valence-corrected chi connectivity index (χ4v) is 3.91. The van der Waals surface area contributed by atoms with Crippen molar-refractivity contribution < 1.29 is 0 Å². The summed E-state index contributed by atoms with van der Waals surface area (Å²) in [5.41, 5.74) is 3.13. The van der Waals surface area contributed by atoms with E-state index >= 15 is 0 Å². The van der Waals surface area contributed by atoms with Crippen LogP contribution in [-0.4, -0.2) is 51.4 Å². The highest BCUT2D eigenvalue weighted by atomic mass is 35.5. The van der Waals surface area contributed by atoms with Crippen LogP contribution in [0.4, 0.5) is 11.5 Å². The Morgan fingerprint density at radius 3 is 2.48 bits per heavy atom. The summed E-state index contributed by atoms with van der Waals surface area (Å²) >= 11 is 6.20. The van der Waals surface area contributed by atoms with Crippen molar-refractivity contribution in [3.8, 4) is 0 Å². The van der Waals surface area contributed by atoms with E-state index in [0.29, 0.717) is 5.65 Å². The molecule has 0 saturated carbocycles. The monoisotopic (exact) mass is 379 g/mol. The molecule has 8 heteroatoms. The number of piperazine rings is 1. The smallest absolute Gasteiger partial charge is 0.207 e. The van der Waals surface area contributed by atoms with E-state index in [1.807, 2.05) is 30.3 Å². The highest BCUT2D eigenvalue weighted by molar-refractivity contribution is 6.30. The van der Waals surface area contributed by atoms with Crippen LogP contribution in [0.2, 0.25) is 5.02 Å². The van der Waals surface area contributed by atoms with Gasteiger partial charge in [-0.05, 0) is 35.0 Å². The molecule has 2 aromatic carbocycles. The number of aromatic nitrogens is 5. The normalized spacial score (nSPS) is 15.0. The number of hydrogen-bond acceptors (Lipinski definition) is 6. The first-order valence-corrected chi connectivity index (χ1v) is 9.32. The summed E-state index contributed by atoms with van der Waals surface area (Å²) in [6, 6.07) is 14.2. The lowest BCUT2D eigenvalue weighted by molar-refractivity contribution is 0.635. The standard InChI is InChI=1S/C19H18ClN7/c1-13-6-7-14(20)12-17(13)25-8-10-26(11-9-25)19-16-5-3-2-4-15(16)18-21-23-24-27(18)22-19/h2-7,12H,8-11H2,1H3. The van der Waals surface area contributed by atoms with Crippen LogP contribution in [0.3, 0.4) is 0 Å². The summed E-state index contributed by atoms with van der Waals surface area (Å²) in [7, 11) is 0. The number of tetrazole rings is 1. The Hall–Kier alpha value is -2.93. The molecule has 0 bridgehead atoms. The lowest BCUT2D eigenvalue weighted by atomic mass is 10.1. The highest BCUT2D eigenvalue weighted by Gasteiger charge is 2.22. The molecule has 1 aliphatic heterocycles. The predicted molar refractivity (Wildman–Crippen MR) is 107 cm³/mol. The zero-order valence-corrected chi connectivity index (χ0v) is 15.6. The topological polar surface area (TPSA) is 62.5 Å². The largest absolute Gasteiger partial charge is 0.368 e. The van der Waals surface area contributed by atoms with E-state index in [9.17, 15) is 0 Å². The SMILES string of the molecule is Cc1ccc(Cl)cc1N1CCN(c2nn3nnnc3c3ccccc23)CC1. The van der Waals surface area contributed by atoms with Crippen molar-refractivity contribution in [2.75, 3.05) is 36.0 Å². The summed E-state index contributed by atoms with van der Waals surface area (Å²) in [5, 5.41) is 19.4. The maximum Gasteiger partial charge on any atom is 0.207 e. The maximum absolute atomic E-state index is 6.20. The highest BCUT2D eigenvalue weighted by Crippen LogP contribution is 2.29. The molecule has 7 nitrogen and oxygen atoms in total. The second-order valence-corrected chi connectivity index (χ2v) is 7.20. The van der Waals surface area contributed by atoms with Gasteiger partial charge < -0.3 is 9.80 Å². The van der Waals surface area contributed by atoms with Gasteiger partial charge in [-0.1, -0.05) is 41.9 Å². The minimum absolute atomic E-state index is 0.683. The molecule has 3 heterocycles. The Bertz CT molecular complexity index is 1130. The fraction of sp³-hybridized carbons (Fsp3) is 0.263. The van der Waals surface area contributed by atoms with Gasteiger partial charge in [0.05, 0.1) is 0 Å². The molecule has 1 fully saturated rings. The third kappa shape index (κ3) is 2.75. The number of anilines is 2. The van der Waals surface area contributed by atoms with E-state index in [1.54, 1.807) is 0 Å². The molecule has 27 heavy (non-hydrogen) atoms. The first kappa shape index (κ1) is 16.3. The van der Waals surface area contributed by atoms with Crippen molar-refractivity contribution in [3.05, 3.63) is 53.1 Å². The van der Waals surface area contributed by atoms with E-state index in [1.165, 1.54) is 15.9 Å². The molecule has 136 valence electrons. The Balaban J connectivity index is 1.48. The van der Waals surface area contributed by atoms with Gasteiger partial charge in [0.15, 0.2) is 5.82 Å². The minimum Gasteiger partial charge on any atom is -0.368 e. The van der Waals surface area contributed by atoms with Crippen LogP contribution in [0.5, 0.6) is 0 Å². The molecule has 5 rings (SSSR count). The zero-order valence-electron chi connectivity index (χ0n) is 14.9. The lowest BCUT2D eigenvalue weighted by Crippen LogP contribution is -2.47. The molecular formula is C19H18ClN7. The molecule has 1 aliphatic rings. The Morgan fingerprint density at radius 2 is 1.67 bits per heavy atom. The number of rotatable bonds is 2. The van der Waals surface area contributed by atoms with Gasteiger partial charge in [-0.15, -0.1) is 14.8 Å². The molecule has 0 aliphatic carbocycles. The lowest BCUT2D eigenvalue weighted by Gasteiger charge is -2.37. The van der Waals surface area contributed by atoms with Crippen molar-refractivity contribution in [1.29, 1.82) is 0 Å². The van der Waals surface area contributed by atoms with Crippen LogP contribution in [0, 0.1) is 6.92 Å². The van der Waals surface area contributed by atoms with Gasteiger partial charge >= 0.3 is 0 Å². The van der Waals surface area contributed by atoms with Crippen molar-refractivity contribution in [3.63, 3.8) is 0 Å². The number of benzene rings is 2.